The quantitative estimate of drug-likeness (QED) is 0.734. The molecule has 0 radical (unpaired) electrons. The van der Waals surface area contributed by atoms with Gasteiger partial charge in [0.25, 0.3) is 0 Å². The molecule has 0 unspecified atom stereocenters. The maximum atomic E-state index is 5.49. The van der Waals surface area contributed by atoms with E-state index in [1.165, 1.54) is 36.1 Å². The van der Waals surface area contributed by atoms with Crippen LogP contribution >= 0.6 is 0 Å². The highest BCUT2D eigenvalue weighted by Gasteiger charge is 2.03. The van der Waals surface area contributed by atoms with E-state index in [1.807, 2.05) is 0 Å². The zero-order valence-electron chi connectivity index (χ0n) is 11.5. The molecule has 0 aromatic heterocycles. The molecule has 0 saturated carbocycles. The second-order valence-electron chi connectivity index (χ2n) is 4.91. The monoisotopic (exact) mass is 234 g/mol. The Morgan fingerprint density at radius 3 is 2.41 bits per heavy atom. The minimum atomic E-state index is 0.826. The van der Waals surface area contributed by atoms with Crippen LogP contribution in [0.4, 0.5) is 5.69 Å². The molecule has 0 atom stereocenters. The number of rotatable bonds is 7. The van der Waals surface area contributed by atoms with E-state index < -0.39 is 0 Å². The molecule has 1 aromatic carbocycles. The SMILES string of the molecule is Cc1ccc(N(C)CCCCCCN)c(C)c1. The Balaban J connectivity index is 2.38. The molecular weight excluding hydrogens is 208 g/mol. The van der Waals surface area contributed by atoms with Gasteiger partial charge in [-0.3, -0.25) is 0 Å². The molecule has 2 nitrogen and oxygen atoms in total. The van der Waals surface area contributed by atoms with Crippen molar-refractivity contribution in [2.45, 2.75) is 39.5 Å². The van der Waals surface area contributed by atoms with Gasteiger partial charge < -0.3 is 10.6 Å². The summed E-state index contributed by atoms with van der Waals surface area (Å²) in [5.74, 6) is 0. The average molecular weight is 234 g/mol. The van der Waals surface area contributed by atoms with E-state index in [1.54, 1.807) is 0 Å². The largest absolute Gasteiger partial charge is 0.374 e. The molecule has 0 bridgehead atoms. The first kappa shape index (κ1) is 14.0. The molecule has 0 amide bonds. The van der Waals surface area contributed by atoms with E-state index in [2.05, 4.69) is 44.0 Å². The first-order chi connectivity index (χ1) is 8.15. The van der Waals surface area contributed by atoms with Crippen molar-refractivity contribution in [1.82, 2.24) is 0 Å². The molecule has 0 saturated heterocycles. The van der Waals surface area contributed by atoms with Crippen molar-refractivity contribution in [3.8, 4) is 0 Å². The summed E-state index contributed by atoms with van der Waals surface area (Å²) in [6.45, 7) is 6.29. The van der Waals surface area contributed by atoms with Gasteiger partial charge in [0.15, 0.2) is 0 Å². The molecule has 2 heteroatoms. The van der Waals surface area contributed by atoms with Crippen LogP contribution in [0.2, 0.25) is 0 Å². The number of hydrogen-bond acceptors (Lipinski definition) is 2. The van der Waals surface area contributed by atoms with Crippen molar-refractivity contribution in [2.75, 3.05) is 25.0 Å². The maximum Gasteiger partial charge on any atom is 0.0393 e. The number of nitrogens with two attached hydrogens (primary N) is 1. The van der Waals surface area contributed by atoms with Gasteiger partial charge in [-0.1, -0.05) is 30.5 Å². The van der Waals surface area contributed by atoms with Crippen LogP contribution in [0.5, 0.6) is 0 Å². The van der Waals surface area contributed by atoms with Crippen LogP contribution in [0, 0.1) is 13.8 Å². The lowest BCUT2D eigenvalue weighted by molar-refractivity contribution is 0.642. The lowest BCUT2D eigenvalue weighted by Crippen LogP contribution is -2.19. The summed E-state index contributed by atoms with van der Waals surface area (Å²) >= 11 is 0. The third-order valence-electron chi connectivity index (χ3n) is 3.21. The topological polar surface area (TPSA) is 29.3 Å². The van der Waals surface area contributed by atoms with E-state index in [-0.39, 0.29) is 0 Å². The molecule has 0 spiro atoms. The Morgan fingerprint density at radius 1 is 1.06 bits per heavy atom. The fraction of sp³-hybridized carbons (Fsp3) is 0.600. The van der Waals surface area contributed by atoms with Crippen LogP contribution in [0.1, 0.15) is 36.8 Å². The van der Waals surface area contributed by atoms with Gasteiger partial charge in [0.1, 0.15) is 0 Å². The van der Waals surface area contributed by atoms with Crippen molar-refractivity contribution in [2.24, 2.45) is 5.73 Å². The number of anilines is 1. The highest BCUT2D eigenvalue weighted by molar-refractivity contribution is 5.53. The Morgan fingerprint density at radius 2 is 1.76 bits per heavy atom. The van der Waals surface area contributed by atoms with Crippen LogP contribution in [-0.2, 0) is 0 Å². The predicted octanol–water partition coefficient (Wildman–Crippen LogP) is 3.26. The van der Waals surface area contributed by atoms with Gasteiger partial charge in [-0.2, -0.15) is 0 Å². The summed E-state index contributed by atoms with van der Waals surface area (Å²) in [6.07, 6.45) is 4.96. The number of aryl methyl sites for hydroxylation is 2. The normalized spacial score (nSPS) is 10.6. The Kier molecular flexibility index (Phi) is 6.06. The Bertz CT molecular complexity index is 334. The molecule has 0 heterocycles. The number of nitrogens with zero attached hydrogens (tertiary/aromatic N) is 1. The maximum absolute atomic E-state index is 5.49. The predicted molar refractivity (Wildman–Crippen MR) is 76.7 cm³/mol. The van der Waals surface area contributed by atoms with Gasteiger partial charge >= 0.3 is 0 Å². The summed E-state index contributed by atoms with van der Waals surface area (Å²) in [6, 6.07) is 6.66. The molecule has 17 heavy (non-hydrogen) atoms. The second-order valence-corrected chi connectivity index (χ2v) is 4.91. The van der Waals surface area contributed by atoms with E-state index in [0.29, 0.717) is 0 Å². The van der Waals surface area contributed by atoms with E-state index >= 15 is 0 Å². The summed E-state index contributed by atoms with van der Waals surface area (Å²) in [5.41, 5.74) is 9.55. The number of unbranched alkanes of at least 4 members (excludes halogenated alkanes) is 3. The molecule has 0 aliphatic rings. The van der Waals surface area contributed by atoms with Crippen molar-refractivity contribution in [3.05, 3.63) is 29.3 Å². The molecule has 0 aliphatic carbocycles. The van der Waals surface area contributed by atoms with Crippen LogP contribution in [0.25, 0.3) is 0 Å². The summed E-state index contributed by atoms with van der Waals surface area (Å²) in [7, 11) is 2.18. The third-order valence-corrected chi connectivity index (χ3v) is 3.21. The minimum absolute atomic E-state index is 0.826. The first-order valence-electron chi connectivity index (χ1n) is 6.63. The summed E-state index contributed by atoms with van der Waals surface area (Å²) in [5, 5.41) is 0. The molecular formula is C15H26N2. The fourth-order valence-electron chi connectivity index (χ4n) is 2.20. The molecule has 1 rings (SSSR count). The van der Waals surface area contributed by atoms with Gasteiger partial charge in [0.05, 0.1) is 0 Å². The fourth-order valence-corrected chi connectivity index (χ4v) is 2.20. The Hall–Kier alpha value is -1.02. The van der Waals surface area contributed by atoms with Crippen molar-refractivity contribution in [3.63, 3.8) is 0 Å². The summed E-state index contributed by atoms with van der Waals surface area (Å²) in [4.78, 5) is 2.36. The highest BCUT2D eigenvalue weighted by Crippen LogP contribution is 2.20. The zero-order chi connectivity index (χ0) is 12.7. The molecule has 2 N–H and O–H groups in total. The number of benzene rings is 1. The van der Waals surface area contributed by atoms with E-state index in [0.717, 1.165) is 19.5 Å². The second kappa shape index (κ2) is 7.33. The van der Waals surface area contributed by atoms with Gasteiger partial charge in [0, 0.05) is 19.3 Å². The van der Waals surface area contributed by atoms with E-state index in [4.69, 9.17) is 5.73 Å². The molecule has 0 fully saturated rings. The lowest BCUT2D eigenvalue weighted by Gasteiger charge is -2.21. The van der Waals surface area contributed by atoms with Gasteiger partial charge in [-0.25, -0.2) is 0 Å². The third kappa shape index (κ3) is 4.78. The Labute approximate surface area is 106 Å². The van der Waals surface area contributed by atoms with Crippen LogP contribution in [0.3, 0.4) is 0 Å². The molecule has 0 aliphatic heterocycles. The average Bonchev–Trinajstić information content (AvgIpc) is 2.28. The van der Waals surface area contributed by atoms with Crippen molar-refractivity contribution < 1.29 is 0 Å². The van der Waals surface area contributed by atoms with E-state index in [9.17, 15) is 0 Å². The lowest BCUT2D eigenvalue weighted by atomic mass is 10.1. The standard InChI is InChI=1S/C15H26N2/c1-13-8-9-15(14(2)12-13)17(3)11-7-5-4-6-10-16/h8-9,12H,4-7,10-11,16H2,1-3H3. The highest BCUT2D eigenvalue weighted by atomic mass is 15.1. The van der Waals surface area contributed by atoms with Gasteiger partial charge in [0.2, 0.25) is 0 Å². The van der Waals surface area contributed by atoms with Crippen LogP contribution in [0.15, 0.2) is 18.2 Å². The minimum Gasteiger partial charge on any atom is -0.374 e. The van der Waals surface area contributed by atoms with Crippen LogP contribution < -0.4 is 10.6 Å². The van der Waals surface area contributed by atoms with Gasteiger partial charge in [-0.05, 0) is 44.9 Å². The molecule has 96 valence electrons. The van der Waals surface area contributed by atoms with Gasteiger partial charge in [-0.15, -0.1) is 0 Å². The van der Waals surface area contributed by atoms with Crippen molar-refractivity contribution >= 4 is 5.69 Å². The first-order valence-corrected chi connectivity index (χ1v) is 6.63. The molecule has 1 aromatic rings. The number of hydrogen-bond donors (Lipinski definition) is 1. The smallest absolute Gasteiger partial charge is 0.0393 e. The van der Waals surface area contributed by atoms with Crippen molar-refractivity contribution in [1.29, 1.82) is 0 Å². The summed E-state index contributed by atoms with van der Waals surface area (Å²) < 4.78 is 0. The zero-order valence-corrected chi connectivity index (χ0v) is 11.5. The van der Waals surface area contributed by atoms with Crippen LogP contribution in [-0.4, -0.2) is 20.1 Å².